The van der Waals surface area contributed by atoms with E-state index in [1.165, 1.54) is 6.20 Å². The van der Waals surface area contributed by atoms with Crippen molar-refractivity contribution in [1.82, 2.24) is 15.3 Å². The van der Waals surface area contributed by atoms with E-state index >= 15 is 0 Å². The van der Waals surface area contributed by atoms with Gasteiger partial charge in [-0.25, -0.2) is 13.4 Å². The summed E-state index contributed by atoms with van der Waals surface area (Å²) in [7, 11) is -3.28. The molecule has 2 heterocycles. The van der Waals surface area contributed by atoms with Gasteiger partial charge in [0.2, 0.25) is 16.0 Å². The number of anilines is 1. The Kier molecular flexibility index (Phi) is 3.45. The van der Waals surface area contributed by atoms with Crippen molar-refractivity contribution < 1.29 is 8.42 Å². The number of imidazole rings is 1. The lowest BCUT2D eigenvalue weighted by molar-refractivity contribution is 0.402. The van der Waals surface area contributed by atoms with Gasteiger partial charge < -0.3 is 10.3 Å². The first-order chi connectivity index (χ1) is 7.66. The average molecular weight is 244 g/mol. The topological polar surface area (TPSA) is 86.9 Å². The Balaban J connectivity index is 1.92. The zero-order valence-corrected chi connectivity index (χ0v) is 9.76. The minimum atomic E-state index is -3.28. The molecular formula is C9H16N4O2S. The fraction of sp³-hybridized carbons (Fsp3) is 0.667. The maximum absolute atomic E-state index is 11.8. The number of H-pyrrole nitrogens is 1. The van der Waals surface area contributed by atoms with Crippen LogP contribution in [-0.2, 0) is 10.0 Å². The van der Waals surface area contributed by atoms with Crippen molar-refractivity contribution in [2.75, 3.05) is 23.6 Å². The van der Waals surface area contributed by atoms with Crippen LogP contribution in [0, 0.1) is 5.92 Å². The summed E-state index contributed by atoms with van der Waals surface area (Å²) in [5.74, 6) is 0.706. The third kappa shape index (κ3) is 3.21. The van der Waals surface area contributed by atoms with Gasteiger partial charge in [-0.1, -0.05) is 0 Å². The first-order valence-electron chi connectivity index (χ1n) is 5.36. The summed E-state index contributed by atoms with van der Waals surface area (Å²) >= 11 is 0. The molecule has 16 heavy (non-hydrogen) atoms. The van der Waals surface area contributed by atoms with E-state index < -0.39 is 10.0 Å². The van der Waals surface area contributed by atoms with Gasteiger partial charge >= 0.3 is 0 Å². The molecule has 0 saturated carbocycles. The standard InChI is InChI=1S/C9H16N4O2S/c14-16(15,13-9-11-5-6-12-9)7-8-1-3-10-4-2-8/h5-6,8,10H,1-4,7H2,(H2,11,12,13). The number of aromatic amines is 1. The quantitative estimate of drug-likeness (QED) is 0.703. The number of aromatic nitrogens is 2. The van der Waals surface area contributed by atoms with Gasteiger partial charge in [-0.15, -0.1) is 0 Å². The number of sulfonamides is 1. The molecule has 1 aromatic heterocycles. The molecule has 0 aromatic carbocycles. The van der Waals surface area contributed by atoms with E-state index in [0.29, 0.717) is 0 Å². The third-order valence-corrected chi connectivity index (χ3v) is 4.08. The maximum atomic E-state index is 11.8. The van der Waals surface area contributed by atoms with E-state index in [1.807, 2.05) is 0 Å². The highest BCUT2D eigenvalue weighted by Gasteiger charge is 2.21. The van der Waals surface area contributed by atoms with Crippen LogP contribution < -0.4 is 10.0 Å². The van der Waals surface area contributed by atoms with Gasteiger partial charge in [0.25, 0.3) is 0 Å². The molecule has 90 valence electrons. The molecule has 1 aromatic rings. The van der Waals surface area contributed by atoms with E-state index in [0.717, 1.165) is 25.9 Å². The SMILES string of the molecule is O=S(=O)(CC1CCNCC1)Nc1ncc[nH]1. The van der Waals surface area contributed by atoms with Gasteiger partial charge in [0, 0.05) is 12.4 Å². The first kappa shape index (κ1) is 11.4. The summed E-state index contributed by atoms with van der Waals surface area (Å²) in [5.41, 5.74) is 0. The Morgan fingerprint density at radius 1 is 1.44 bits per heavy atom. The smallest absolute Gasteiger partial charge is 0.235 e. The third-order valence-electron chi connectivity index (χ3n) is 2.66. The number of rotatable bonds is 4. The monoisotopic (exact) mass is 244 g/mol. The van der Waals surface area contributed by atoms with E-state index in [4.69, 9.17) is 0 Å². The molecule has 0 bridgehead atoms. The van der Waals surface area contributed by atoms with Crippen molar-refractivity contribution in [3.05, 3.63) is 12.4 Å². The molecule has 0 unspecified atom stereocenters. The van der Waals surface area contributed by atoms with Crippen molar-refractivity contribution in [2.45, 2.75) is 12.8 Å². The lowest BCUT2D eigenvalue weighted by atomic mass is 10.0. The molecule has 3 N–H and O–H groups in total. The summed E-state index contributed by atoms with van der Waals surface area (Å²) in [6, 6.07) is 0. The number of hydrogen-bond donors (Lipinski definition) is 3. The average Bonchev–Trinajstić information content (AvgIpc) is 2.70. The highest BCUT2D eigenvalue weighted by Crippen LogP contribution is 2.15. The first-order valence-corrected chi connectivity index (χ1v) is 7.01. The summed E-state index contributed by atoms with van der Waals surface area (Å²) in [6.07, 6.45) is 4.93. The number of nitrogens with one attached hydrogen (secondary N) is 3. The Morgan fingerprint density at radius 3 is 2.81 bits per heavy atom. The van der Waals surface area contributed by atoms with Gasteiger partial charge in [-0.3, -0.25) is 4.72 Å². The van der Waals surface area contributed by atoms with Gasteiger partial charge in [-0.2, -0.15) is 0 Å². The zero-order valence-electron chi connectivity index (χ0n) is 8.94. The Morgan fingerprint density at radius 2 is 2.19 bits per heavy atom. The Bertz CT molecular complexity index is 409. The second-order valence-electron chi connectivity index (χ2n) is 4.01. The minimum Gasteiger partial charge on any atom is -0.330 e. The van der Waals surface area contributed by atoms with Crippen LogP contribution in [0.1, 0.15) is 12.8 Å². The lowest BCUT2D eigenvalue weighted by Gasteiger charge is -2.22. The van der Waals surface area contributed by atoms with Crippen LogP contribution in [0.15, 0.2) is 12.4 Å². The summed E-state index contributed by atoms with van der Waals surface area (Å²) in [6.45, 7) is 1.81. The minimum absolute atomic E-state index is 0.176. The van der Waals surface area contributed by atoms with Crippen LogP contribution >= 0.6 is 0 Å². The molecule has 0 radical (unpaired) electrons. The number of nitrogens with zero attached hydrogens (tertiary/aromatic N) is 1. The highest BCUT2D eigenvalue weighted by molar-refractivity contribution is 7.92. The van der Waals surface area contributed by atoms with Crippen molar-refractivity contribution in [3.8, 4) is 0 Å². The predicted molar refractivity (Wildman–Crippen MR) is 61.6 cm³/mol. The normalized spacial score (nSPS) is 18.5. The van der Waals surface area contributed by atoms with Crippen LogP contribution in [0.2, 0.25) is 0 Å². The molecule has 0 amide bonds. The van der Waals surface area contributed by atoms with Crippen LogP contribution in [0.3, 0.4) is 0 Å². The van der Waals surface area contributed by atoms with Crippen molar-refractivity contribution in [1.29, 1.82) is 0 Å². The van der Waals surface area contributed by atoms with Crippen molar-refractivity contribution >= 4 is 16.0 Å². The Labute approximate surface area is 94.9 Å². The molecule has 6 nitrogen and oxygen atoms in total. The highest BCUT2D eigenvalue weighted by atomic mass is 32.2. The van der Waals surface area contributed by atoms with E-state index in [9.17, 15) is 8.42 Å². The van der Waals surface area contributed by atoms with Gasteiger partial charge in [-0.05, 0) is 31.8 Å². The molecule has 1 fully saturated rings. The van der Waals surface area contributed by atoms with Crippen LogP contribution in [0.25, 0.3) is 0 Å². The second-order valence-corrected chi connectivity index (χ2v) is 5.78. The second kappa shape index (κ2) is 4.84. The Hall–Kier alpha value is -1.08. The molecular weight excluding hydrogens is 228 g/mol. The molecule has 0 spiro atoms. The van der Waals surface area contributed by atoms with Crippen molar-refractivity contribution in [2.24, 2.45) is 5.92 Å². The summed E-state index contributed by atoms with van der Waals surface area (Å²) in [5, 5.41) is 3.21. The largest absolute Gasteiger partial charge is 0.330 e. The molecule has 0 atom stereocenters. The van der Waals surface area contributed by atoms with Gasteiger partial charge in [0.15, 0.2) is 0 Å². The maximum Gasteiger partial charge on any atom is 0.235 e. The molecule has 1 aliphatic rings. The number of hydrogen-bond acceptors (Lipinski definition) is 4. The summed E-state index contributed by atoms with van der Waals surface area (Å²) < 4.78 is 26.0. The van der Waals surface area contributed by atoms with Crippen LogP contribution in [0.4, 0.5) is 5.95 Å². The molecule has 0 aliphatic carbocycles. The van der Waals surface area contributed by atoms with Crippen LogP contribution in [0.5, 0.6) is 0 Å². The van der Waals surface area contributed by atoms with Gasteiger partial charge in [0.1, 0.15) is 0 Å². The predicted octanol–water partition coefficient (Wildman–Crippen LogP) is 0.151. The van der Waals surface area contributed by atoms with Gasteiger partial charge in [0.05, 0.1) is 5.75 Å². The van der Waals surface area contributed by atoms with E-state index in [-0.39, 0.29) is 17.6 Å². The van der Waals surface area contributed by atoms with Crippen LogP contribution in [-0.4, -0.2) is 37.2 Å². The molecule has 1 saturated heterocycles. The van der Waals surface area contributed by atoms with E-state index in [1.54, 1.807) is 6.20 Å². The molecule has 7 heteroatoms. The lowest BCUT2D eigenvalue weighted by Crippen LogP contribution is -2.33. The molecule has 2 rings (SSSR count). The van der Waals surface area contributed by atoms with Crippen molar-refractivity contribution in [3.63, 3.8) is 0 Å². The fourth-order valence-electron chi connectivity index (χ4n) is 1.87. The van der Waals surface area contributed by atoms with E-state index in [2.05, 4.69) is 20.0 Å². The zero-order chi connectivity index (χ0) is 11.4. The number of piperidine rings is 1. The molecule has 1 aliphatic heterocycles. The summed E-state index contributed by atoms with van der Waals surface area (Å²) in [4.78, 5) is 6.55. The fourth-order valence-corrected chi connectivity index (χ4v) is 3.31.